The molecule has 1 aliphatic carbocycles. The average molecular weight is 392 g/mol. The summed E-state index contributed by atoms with van der Waals surface area (Å²) in [4.78, 5) is 4.38. The molecule has 1 aliphatic rings. The minimum Gasteiger partial charge on any atom is -0.507 e. The molecule has 0 aromatic heterocycles. The molecule has 1 aromatic rings. The van der Waals surface area contributed by atoms with Crippen LogP contribution in [-0.4, -0.2) is 62.7 Å². The van der Waals surface area contributed by atoms with Crippen LogP contribution in [0.15, 0.2) is 28.8 Å². The van der Waals surface area contributed by atoms with E-state index in [9.17, 15) is 25.5 Å². The molecule has 0 amide bonds. The fourth-order valence-corrected chi connectivity index (χ4v) is 3.35. The molecule has 0 heterocycles. The number of rotatable bonds is 3. The lowest BCUT2D eigenvalue weighted by atomic mass is 9.78. The Morgan fingerprint density at radius 1 is 0.929 bits per heavy atom. The molecule has 6 nitrogen and oxygen atoms in total. The van der Waals surface area contributed by atoms with Crippen LogP contribution in [0.25, 0.3) is 0 Å². The molecule has 0 fully saturated rings. The van der Waals surface area contributed by atoms with Crippen LogP contribution in [0.5, 0.6) is 5.75 Å². The fraction of sp³-hybridized carbons (Fsp3) is 0.591. The first kappa shape index (κ1) is 22.6. The van der Waals surface area contributed by atoms with E-state index in [0.717, 1.165) is 16.7 Å². The van der Waals surface area contributed by atoms with Crippen LogP contribution in [0.2, 0.25) is 0 Å². The zero-order valence-corrected chi connectivity index (χ0v) is 17.5. The maximum absolute atomic E-state index is 10.8. The second-order valence-corrected chi connectivity index (χ2v) is 9.56. The van der Waals surface area contributed by atoms with Gasteiger partial charge in [0.15, 0.2) is 0 Å². The summed E-state index contributed by atoms with van der Waals surface area (Å²) in [6, 6.07) is 2.95. The Hall–Kier alpha value is -1.73. The van der Waals surface area contributed by atoms with Crippen molar-refractivity contribution in [1.82, 2.24) is 0 Å². The van der Waals surface area contributed by atoms with E-state index < -0.39 is 31.0 Å². The second kappa shape index (κ2) is 7.95. The normalized spacial score (nSPS) is 26.6. The van der Waals surface area contributed by atoms with E-state index >= 15 is 0 Å². The molecular formula is C22H33NO5. The molecule has 0 aliphatic heterocycles. The quantitative estimate of drug-likeness (QED) is 0.398. The maximum atomic E-state index is 10.8. The van der Waals surface area contributed by atoms with Crippen molar-refractivity contribution < 1.29 is 25.5 Å². The lowest BCUT2D eigenvalue weighted by Gasteiger charge is -2.32. The van der Waals surface area contributed by atoms with Crippen molar-refractivity contribution in [3.63, 3.8) is 0 Å². The van der Waals surface area contributed by atoms with Gasteiger partial charge in [0, 0.05) is 17.3 Å². The van der Waals surface area contributed by atoms with Gasteiger partial charge in [0.2, 0.25) is 0 Å². The third kappa shape index (κ3) is 4.63. The predicted molar refractivity (Wildman–Crippen MR) is 110 cm³/mol. The number of phenolic OH excluding ortho intramolecular Hbond substituents is 1. The summed E-state index contributed by atoms with van der Waals surface area (Å²) in [7, 11) is 0. The second-order valence-electron chi connectivity index (χ2n) is 9.56. The topological polar surface area (TPSA) is 114 Å². The van der Waals surface area contributed by atoms with Crippen molar-refractivity contribution in [2.45, 2.75) is 76.7 Å². The highest BCUT2D eigenvalue weighted by molar-refractivity contribution is 5.82. The fourth-order valence-electron chi connectivity index (χ4n) is 3.35. The highest BCUT2D eigenvalue weighted by Crippen LogP contribution is 2.39. The minimum absolute atomic E-state index is 0.233. The zero-order chi connectivity index (χ0) is 21.4. The van der Waals surface area contributed by atoms with E-state index in [1.807, 2.05) is 53.7 Å². The van der Waals surface area contributed by atoms with Crippen molar-refractivity contribution in [2.24, 2.45) is 4.99 Å². The number of nitrogens with zero attached hydrogens (tertiary/aromatic N) is 1. The van der Waals surface area contributed by atoms with Gasteiger partial charge in [-0.1, -0.05) is 47.6 Å². The van der Waals surface area contributed by atoms with Gasteiger partial charge in [-0.2, -0.15) is 0 Å². The first-order valence-electron chi connectivity index (χ1n) is 9.54. The summed E-state index contributed by atoms with van der Waals surface area (Å²) in [6.07, 6.45) is -0.922. The van der Waals surface area contributed by atoms with Crippen LogP contribution in [0.3, 0.4) is 0 Å². The van der Waals surface area contributed by atoms with Crippen LogP contribution < -0.4 is 0 Å². The smallest absolute Gasteiger partial charge is 0.123 e. The lowest BCUT2D eigenvalue weighted by molar-refractivity contribution is -0.0592. The van der Waals surface area contributed by atoms with E-state index in [1.165, 1.54) is 6.08 Å². The lowest BCUT2D eigenvalue weighted by Crippen LogP contribution is -2.48. The average Bonchev–Trinajstić information content (AvgIpc) is 2.58. The molecule has 0 radical (unpaired) electrons. The van der Waals surface area contributed by atoms with Crippen LogP contribution >= 0.6 is 0 Å². The molecular weight excluding hydrogens is 358 g/mol. The monoisotopic (exact) mass is 391 g/mol. The van der Waals surface area contributed by atoms with Gasteiger partial charge < -0.3 is 25.5 Å². The predicted octanol–water partition coefficient (Wildman–Crippen LogP) is 1.79. The van der Waals surface area contributed by atoms with Gasteiger partial charge in [-0.25, -0.2) is 0 Å². The Morgan fingerprint density at radius 3 is 1.86 bits per heavy atom. The third-order valence-corrected chi connectivity index (χ3v) is 5.11. The SMILES string of the molecule is CC(C)(C)c1cc(C=NC2C=C(CO)C(O)C(O)C2O)cc(C(C)(C)C)c1O. The number of phenols is 1. The van der Waals surface area contributed by atoms with Crippen molar-refractivity contribution in [1.29, 1.82) is 0 Å². The van der Waals surface area contributed by atoms with Crippen molar-refractivity contribution in [3.8, 4) is 5.75 Å². The largest absolute Gasteiger partial charge is 0.507 e. The Bertz CT molecular complexity index is 735. The van der Waals surface area contributed by atoms with Gasteiger partial charge in [0.25, 0.3) is 0 Å². The van der Waals surface area contributed by atoms with Crippen LogP contribution in [0.4, 0.5) is 0 Å². The van der Waals surface area contributed by atoms with Crippen LogP contribution in [0, 0.1) is 0 Å². The summed E-state index contributed by atoms with van der Waals surface area (Å²) in [6.45, 7) is 11.7. The number of aromatic hydroxyl groups is 1. The molecule has 0 saturated heterocycles. The number of aliphatic hydroxyl groups is 4. The molecule has 2 rings (SSSR count). The number of hydrogen-bond acceptors (Lipinski definition) is 6. The summed E-state index contributed by atoms with van der Waals surface area (Å²) < 4.78 is 0. The third-order valence-electron chi connectivity index (χ3n) is 5.11. The first-order valence-corrected chi connectivity index (χ1v) is 9.54. The van der Waals surface area contributed by atoms with Crippen molar-refractivity contribution >= 4 is 6.21 Å². The van der Waals surface area contributed by atoms with E-state index in [4.69, 9.17) is 0 Å². The van der Waals surface area contributed by atoms with Gasteiger partial charge in [-0.05, 0) is 34.1 Å². The van der Waals surface area contributed by atoms with Crippen LogP contribution in [-0.2, 0) is 10.8 Å². The standard InChI is InChI=1S/C22H33NO5/c1-21(2,3)14-7-12(8-15(18(14)26)22(4,5)6)10-23-16-9-13(11-24)17(25)20(28)19(16)27/h7-10,16-17,19-20,24-28H,11H2,1-6H3. The van der Waals surface area contributed by atoms with Gasteiger partial charge in [0.1, 0.15) is 24.1 Å². The molecule has 28 heavy (non-hydrogen) atoms. The maximum Gasteiger partial charge on any atom is 0.123 e. The van der Waals surface area contributed by atoms with Crippen molar-refractivity contribution in [3.05, 3.63) is 40.5 Å². The minimum atomic E-state index is -1.41. The van der Waals surface area contributed by atoms with E-state index in [0.29, 0.717) is 0 Å². The summed E-state index contributed by atoms with van der Waals surface area (Å²) in [5.74, 6) is 0.274. The van der Waals surface area contributed by atoms with E-state index in [1.54, 1.807) is 6.21 Å². The Labute approximate surface area is 166 Å². The van der Waals surface area contributed by atoms with Gasteiger partial charge in [0.05, 0.1) is 12.6 Å². The van der Waals surface area contributed by atoms with Gasteiger partial charge in [-0.15, -0.1) is 0 Å². The van der Waals surface area contributed by atoms with Gasteiger partial charge >= 0.3 is 0 Å². The molecule has 0 bridgehead atoms. The molecule has 4 atom stereocenters. The molecule has 156 valence electrons. The molecule has 0 spiro atoms. The van der Waals surface area contributed by atoms with Crippen molar-refractivity contribution in [2.75, 3.05) is 6.61 Å². The summed E-state index contributed by atoms with van der Waals surface area (Å²) in [5.41, 5.74) is 2.04. The number of aliphatic imine (C=N–C) groups is 1. The zero-order valence-electron chi connectivity index (χ0n) is 17.5. The Morgan fingerprint density at radius 2 is 1.43 bits per heavy atom. The summed E-state index contributed by atoms with van der Waals surface area (Å²) in [5, 5.41) is 50.2. The molecule has 0 saturated carbocycles. The molecule has 1 aromatic carbocycles. The Kier molecular flexibility index (Phi) is 6.40. The van der Waals surface area contributed by atoms with E-state index in [2.05, 4.69) is 4.99 Å². The van der Waals surface area contributed by atoms with E-state index in [-0.39, 0.29) is 22.2 Å². The molecule has 6 heteroatoms. The summed E-state index contributed by atoms with van der Waals surface area (Å²) >= 11 is 0. The molecule has 4 unspecified atom stereocenters. The number of benzene rings is 1. The number of hydrogen-bond donors (Lipinski definition) is 5. The highest BCUT2D eigenvalue weighted by atomic mass is 16.4. The molecule has 5 N–H and O–H groups in total. The van der Waals surface area contributed by atoms with Crippen LogP contribution in [0.1, 0.15) is 58.2 Å². The first-order chi connectivity index (χ1) is 12.8. The van der Waals surface area contributed by atoms with Gasteiger partial charge in [-0.3, -0.25) is 4.99 Å². The Balaban J connectivity index is 2.49. The number of aliphatic hydroxyl groups excluding tert-OH is 4. The highest BCUT2D eigenvalue weighted by Gasteiger charge is 2.36.